The number of hydrogen-bond donors (Lipinski definition) is 1. The number of benzene rings is 2. The third kappa shape index (κ3) is 3.67. The van der Waals surface area contributed by atoms with Crippen LogP contribution in [0.5, 0.6) is 0 Å². The molecule has 1 aliphatic carbocycles. The van der Waals surface area contributed by atoms with Crippen LogP contribution in [0.3, 0.4) is 0 Å². The first-order chi connectivity index (χ1) is 15.5. The molecule has 0 bridgehead atoms. The number of aromatic nitrogens is 2. The molecular weight excluding hydrogens is 392 g/mol. The van der Waals surface area contributed by atoms with Crippen LogP contribution in [0.2, 0.25) is 0 Å². The monoisotopic (exact) mass is 426 g/mol. The molecule has 2 aromatic heterocycles. The van der Waals surface area contributed by atoms with Crippen molar-refractivity contribution in [3.8, 4) is 5.69 Å². The van der Waals surface area contributed by atoms with Crippen LogP contribution in [0.4, 0.5) is 5.69 Å². The molecule has 0 atom stereocenters. The summed E-state index contributed by atoms with van der Waals surface area (Å²) in [7, 11) is 2.04. The van der Waals surface area contributed by atoms with Crippen molar-refractivity contribution in [1.82, 2.24) is 14.9 Å². The molecule has 1 saturated carbocycles. The van der Waals surface area contributed by atoms with E-state index in [1.807, 2.05) is 7.05 Å². The molecule has 0 radical (unpaired) electrons. The average molecular weight is 427 g/mol. The molecular formula is C28H34N4. The number of nitrogens with one attached hydrogen (secondary N) is 1. The Bertz CT molecular complexity index is 1270. The second kappa shape index (κ2) is 8.25. The molecule has 4 nitrogen and oxygen atoms in total. The summed E-state index contributed by atoms with van der Waals surface area (Å²) in [6.07, 6.45) is 2.71. The van der Waals surface area contributed by atoms with E-state index in [0.717, 1.165) is 36.9 Å². The predicted molar refractivity (Wildman–Crippen MR) is 136 cm³/mol. The first-order valence-corrected chi connectivity index (χ1v) is 11.9. The summed E-state index contributed by atoms with van der Waals surface area (Å²) in [5.41, 5.74) is 9.85. The number of aryl methyl sites for hydroxylation is 4. The molecule has 5 rings (SSSR count). The normalized spacial score (nSPS) is 13.9. The molecule has 1 N–H and O–H groups in total. The Kier molecular flexibility index (Phi) is 5.42. The van der Waals surface area contributed by atoms with E-state index in [-0.39, 0.29) is 0 Å². The molecule has 0 saturated heterocycles. The van der Waals surface area contributed by atoms with Gasteiger partial charge in [0.2, 0.25) is 0 Å². The van der Waals surface area contributed by atoms with Crippen molar-refractivity contribution in [2.24, 2.45) is 5.92 Å². The Labute approximate surface area is 191 Å². The third-order valence-corrected chi connectivity index (χ3v) is 6.74. The molecule has 2 heterocycles. The lowest BCUT2D eigenvalue weighted by Gasteiger charge is -2.26. The second-order valence-electron chi connectivity index (χ2n) is 9.57. The van der Waals surface area contributed by atoms with Gasteiger partial charge in [0.05, 0.1) is 22.3 Å². The van der Waals surface area contributed by atoms with Crippen LogP contribution in [0, 0.1) is 33.6 Å². The molecule has 0 amide bonds. The molecule has 0 aliphatic heterocycles. The summed E-state index contributed by atoms with van der Waals surface area (Å²) in [5.74, 6) is 0.824. The number of nitrogens with zero attached hydrogens (tertiary/aromatic N) is 3. The smallest absolute Gasteiger partial charge is 0.147 e. The lowest BCUT2D eigenvalue weighted by molar-refractivity contribution is 0.686. The van der Waals surface area contributed by atoms with Gasteiger partial charge in [-0.15, -0.1) is 0 Å². The molecule has 166 valence electrons. The Morgan fingerprint density at radius 2 is 1.75 bits per heavy atom. The fourth-order valence-electron chi connectivity index (χ4n) is 5.22. The first-order valence-electron chi connectivity index (χ1n) is 11.9. The molecule has 32 heavy (non-hydrogen) atoms. The van der Waals surface area contributed by atoms with E-state index in [1.54, 1.807) is 0 Å². The van der Waals surface area contributed by atoms with Crippen molar-refractivity contribution in [1.29, 1.82) is 0 Å². The van der Waals surface area contributed by atoms with Crippen LogP contribution in [-0.2, 0) is 0 Å². The van der Waals surface area contributed by atoms with Crippen molar-refractivity contribution in [3.63, 3.8) is 0 Å². The van der Waals surface area contributed by atoms with Gasteiger partial charge in [0.1, 0.15) is 5.65 Å². The van der Waals surface area contributed by atoms with Gasteiger partial charge < -0.3 is 10.2 Å². The van der Waals surface area contributed by atoms with E-state index in [0.29, 0.717) is 0 Å². The minimum Gasteiger partial charge on any atom is -0.369 e. The fourth-order valence-corrected chi connectivity index (χ4v) is 5.22. The summed E-state index contributed by atoms with van der Waals surface area (Å²) >= 11 is 0. The van der Waals surface area contributed by atoms with Gasteiger partial charge in [-0.25, -0.2) is 4.98 Å². The Morgan fingerprint density at radius 1 is 1.03 bits per heavy atom. The van der Waals surface area contributed by atoms with Crippen molar-refractivity contribution < 1.29 is 0 Å². The Hall–Kier alpha value is -2.85. The van der Waals surface area contributed by atoms with Crippen LogP contribution in [-0.4, -0.2) is 36.2 Å². The fraction of sp³-hybridized carbons (Fsp3) is 0.393. The van der Waals surface area contributed by atoms with Crippen LogP contribution in [0.1, 0.15) is 35.2 Å². The SMILES string of the molecule is CNCCN(CC1CC1)c1cc(C)nc2c1c1ccccc1n2-c1c(C)cc(C)cc1C. The zero-order chi connectivity index (χ0) is 22.4. The van der Waals surface area contributed by atoms with Crippen molar-refractivity contribution in [2.45, 2.75) is 40.5 Å². The minimum atomic E-state index is 0.824. The summed E-state index contributed by atoms with van der Waals surface area (Å²) < 4.78 is 2.40. The Balaban J connectivity index is 1.83. The van der Waals surface area contributed by atoms with Gasteiger partial charge in [-0.3, -0.25) is 4.57 Å². The van der Waals surface area contributed by atoms with Gasteiger partial charge in [0.15, 0.2) is 0 Å². The summed E-state index contributed by atoms with van der Waals surface area (Å²) in [5, 5.41) is 5.92. The van der Waals surface area contributed by atoms with Gasteiger partial charge >= 0.3 is 0 Å². The van der Waals surface area contributed by atoms with Crippen molar-refractivity contribution in [3.05, 3.63) is 64.8 Å². The van der Waals surface area contributed by atoms with E-state index in [2.05, 4.69) is 84.9 Å². The van der Waals surface area contributed by atoms with Gasteiger partial charge in [0.25, 0.3) is 0 Å². The average Bonchev–Trinajstić information content (AvgIpc) is 3.52. The van der Waals surface area contributed by atoms with Crippen LogP contribution in [0.25, 0.3) is 27.6 Å². The molecule has 4 aromatic rings. The van der Waals surface area contributed by atoms with E-state index in [1.165, 1.54) is 57.2 Å². The number of para-hydroxylation sites is 1. The zero-order valence-electron chi connectivity index (χ0n) is 20.0. The van der Waals surface area contributed by atoms with E-state index in [9.17, 15) is 0 Å². The first kappa shape index (κ1) is 21.0. The number of fused-ring (bicyclic) bond motifs is 3. The Morgan fingerprint density at radius 3 is 2.44 bits per heavy atom. The molecule has 0 spiro atoms. The van der Waals surface area contributed by atoms with Gasteiger partial charge in [-0.05, 0) is 76.8 Å². The predicted octanol–water partition coefficient (Wildman–Crippen LogP) is 5.85. The van der Waals surface area contributed by atoms with E-state index >= 15 is 0 Å². The highest BCUT2D eigenvalue weighted by Crippen LogP contribution is 2.40. The van der Waals surface area contributed by atoms with Gasteiger partial charge in [0, 0.05) is 30.7 Å². The number of hydrogen-bond acceptors (Lipinski definition) is 3. The topological polar surface area (TPSA) is 33.1 Å². The summed E-state index contributed by atoms with van der Waals surface area (Å²) in [6, 6.07) is 15.7. The number of rotatable bonds is 7. The summed E-state index contributed by atoms with van der Waals surface area (Å²) in [4.78, 5) is 7.73. The second-order valence-corrected chi connectivity index (χ2v) is 9.57. The van der Waals surface area contributed by atoms with Crippen LogP contribution >= 0.6 is 0 Å². The number of pyridine rings is 1. The number of likely N-dealkylation sites (N-methyl/N-ethyl adjacent to an activating group) is 1. The summed E-state index contributed by atoms with van der Waals surface area (Å²) in [6.45, 7) is 11.9. The van der Waals surface area contributed by atoms with E-state index in [4.69, 9.17) is 4.98 Å². The largest absolute Gasteiger partial charge is 0.369 e. The number of anilines is 1. The lowest BCUT2D eigenvalue weighted by atomic mass is 10.0. The van der Waals surface area contributed by atoms with Crippen molar-refractivity contribution >= 4 is 27.6 Å². The van der Waals surface area contributed by atoms with Crippen molar-refractivity contribution in [2.75, 3.05) is 31.6 Å². The maximum Gasteiger partial charge on any atom is 0.147 e. The maximum atomic E-state index is 5.13. The van der Waals surface area contributed by atoms with Gasteiger partial charge in [-0.2, -0.15) is 0 Å². The highest BCUT2D eigenvalue weighted by molar-refractivity contribution is 6.14. The highest BCUT2D eigenvalue weighted by atomic mass is 15.2. The third-order valence-electron chi connectivity index (χ3n) is 6.74. The molecule has 2 aromatic carbocycles. The van der Waals surface area contributed by atoms with Gasteiger partial charge in [-0.1, -0.05) is 35.9 Å². The zero-order valence-corrected chi connectivity index (χ0v) is 20.0. The van der Waals surface area contributed by atoms with E-state index < -0.39 is 0 Å². The molecule has 1 fully saturated rings. The lowest BCUT2D eigenvalue weighted by Crippen LogP contribution is -2.32. The minimum absolute atomic E-state index is 0.824. The molecule has 1 aliphatic rings. The maximum absolute atomic E-state index is 5.13. The standard InChI is InChI=1S/C28H34N4/c1-18-14-19(2)27(20(3)15-18)32-24-9-7-6-8-23(24)26-25(16-21(4)30-28(26)32)31(13-12-29-5)17-22-10-11-22/h6-9,14-16,22,29H,10-13,17H2,1-5H3. The van der Waals surface area contributed by atoms with Crippen LogP contribution < -0.4 is 10.2 Å². The molecule has 4 heteroatoms. The van der Waals surface area contributed by atoms with Crippen LogP contribution in [0.15, 0.2) is 42.5 Å². The highest BCUT2D eigenvalue weighted by Gasteiger charge is 2.27. The molecule has 0 unspecified atom stereocenters. The quantitative estimate of drug-likeness (QED) is 0.402.